The van der Waals surface area contributed by atoms with Crippen molar-refractivity contribution in [3.63, 3.8) is 0 Å². The Morgan fingerprint density at radius 3 is 2.57 bits per heavy atom. The van der Waals surface area contributed by atoms with E-state index >= 15 is 0 Å². The molecule has 2 atom stereocenters. The van der Waals surface area contributed by atoms with E-state index in [9.17, 15) is 9.90 Å². The van der Waals surface area contributed by atoms with Crippen molar-refractivity contribution in [2.24, 2.45) is 5.73 Å². The third-order valence-corrected chi connectivity index (χ3v) is 4.42. The number of benzene rings is 1. The number of carbonyl (C=O) groups excluding carboxylic acids is 1. The molecule has 23 heavy (non-hydrogen) atoms. The first-order valence-corrected chi connectivity index (χ1v) is 7.74. The van der Waals surface area contributed by atoms with E-state index in [-0.39, 0.29) is 5.41 Å². The van der Waals surface area contributed by atoms with Crippen LogP contribution in [0.2, 0.25) is 0 Å². The zero-order valence-electron chi connectivity index (χ0n) is 13.8. The lowest BCUT2D eigenvalue weighted by Gasteiger charge is -2.35. The molecule has 2 rings (SSSR count). The van der Waals surface area contributed by atoms with Crippen molar-refractivity contribution in [3.8, 4) is 5.75 Å². The van der Waals surface area contributed by atoms with E-state index in [0.717, 1.165) is 5.56 Å². The Morgan fingerprint density at radius 1 is 1.39 bits per heavy atom. The second kappa shape index (κ2) is 6.02. The van der Waals surface area contributed by atoms with E-state index in [2.05, 4.69) is 20.8 Å². The molecular weight excluding hydrogens is 314 g/mol. The standard InChI is InChI=1S/C18H22ClNO3/c1-17(2,3)11-5-7-14(23-4)13(9-11)18(16(20)22)10-12(19)6-8-15(18)21/h5-10,15,21H,1-4H3,(H2,20,22). The summed E-state index contributed by atoms with van der Waals surface area (Å²) in [6, 6.07) is 5.58. The number of allylic oxidation sites excluding steroid dienone is 2. The van der Waals surface area contributed by atoms with Crippen LogP contribution in [0.25, 0.3) is 0 Å². The van der Waals surface area contributed by atoms with Crippen LogP contribution in [-0.4, -0.2) is 24.2 Å². The van der Waals surface area contributed by atoms with Gasteiger partial charge in [-0.25, -0.2) is 0 Å². The Balaban J connectivity index is 2.79. The first kappa shape index (κ1) is 17.6. The molecule has 0 saturated heterocycles. The molecule has 5 heteroatoms. The topological polar surface area (TPSA) is 72.5 Å². The fraction of sp³-hybridized carbons (Fsp3) is 0.389. The van der Waals surface area contributed by atoms with E-state index in [4.69, 9.17) is 22.1 Å². The summed E-state index contributed by atoms with van der Waals surface area (Å²) in [5.74, 6) is -0.205. The van der Waals surface area contributed by atoms with Crippen LogP contribution in [0.4, 0.5) is 0 Å². The highest BCUT2D eigenvalue weighted by atomic mass is 35.5. The number of ether oxygens (including phenoxy) is 1. The van der Waals surface area contributed by atoms with Gasteiger partial charge in [0.05, 0.1) is 13.2 Å². The van der Waals surface area contributed by atoms with Gasteiger partial charge in [-0.3, -0.25) is 4.79 Å². The number of rotatable bonds is 3. The molecule has 0 fully saturated rings. The summed E-state index contributed by atoms with van der Waals surface area (Å²) in [5.41, 5.74) is 5.59. The molecule has 0 bridgehead atoms. The van der Waals surface area contributed by atoms with E-state index in [1.54, 1.807) is 12.1 Å². The van der Waals surface area contributed by atoms with Crippen molar-refractivity contribution in [3.05, 3.63) is 52.6 Å². The minimum absolute atomic E-state index is 0.136. The second-order valence-corrected chi connectivity index (χ2v) is 7.17. The van der Waals surface area contributed by atoms with E-state index < -0.39 is 17.4 Å². The smallest absolute Gasteiger partial charge is 0.235 e. The number of amides is 1. The normalized spacial score (nSPS) is 24.3. The number of carbonyl (C=O) groups is 1. The molecule has 0 radical (unpaired) electrons. The van der Waals surface area contributed by atoms with Gasteiger partial charge in [0.15, 0.2) is 0 Å². The van der Waals surface area contributed by atoms with E-state index in [0.29, 0.717) is 16.3 Å². The van der Waals surface area contributed by atoms with Gasteiger partial charge >= 0.3 is 0 Å². The highest BCUT2D eigenvalue weighted by Crippen LogP contribution is 2.42. The largest absolute Gasteiger partial charge is 0.496 e. The third-order valence-electron chi connectivity index (χ3n) is 4.19. The van der Waals surface area contributed by atoms with Gasteiger partial charge in [0, 0.05) is 10.6 Å². The first-order valence-electron chi connectivity index (χ1n) is 7.36. The number of primary amides is 1. The highest BCUT2D eigenvalue weighted by molar-refractivity contribution is 6.31. The summed E-state index contributed by atoms with van der Waals surface area (Å²) in [5, 5.41) is 10.9. The lowest BCUT2D eigenvalue weighted by atomic mass is 9.70. The van der Waals surface area contributed by atoms with Gasteiger partial charge in [0.2, 0.25) is 5.91 Å². The zero-order valence-corrected chi connectivity index (χ0v) is 14.5. The molecule has 1 aromatic carbocycles. The number of aliphatic hydroxyl groups excluding tert-OH is 1. The Labute approximate surface area is 141 Å². The molecule has 0 aromatic heterocycles. The van der Waals surface area contributed by atoms with E-state index in [1.165, 1.54) is 19.3 Å². The van der Waals surface area contributed by atoms with Gasteiger partial charge in [-0.1, -0.05) is 50.6 Å². The van der Waals surface area contributed by atoms with Crippen LogP contribution in [-0.2, 0) is 15.6 Å². The van der Waals surface area contributed by atoms with Crippen LogP contribution in [0.15, 0.2) is 41.5 Å². The Morgan fingerprint density at radius 2 is 2.04 bits per heavy atom. The summed E-state index contributed by atoms with van der Waals surface area (Å²) in [4.78, 5) is 12.3. The van der Waals surface area contributed by atoms with Crippen molar-refractivity contribution in [2.75, 3.05) is 7.11 Å². The van der Waals surface area contributed by atoms with Crippen molar-refractivity contribution >= 4 is 17.5 Å². The van der Waals surface area contributed by atoms with Crippen molar-refractivity contribution in [2.45, 2.75) is 37.7 Å². The highest BCUT2D eigenvalue weighted by Gasteiger charge is 2.46. The van der Waals surface area contributed by atoms with Gasteiger partial charge in [0.1, 0.15) is 11.2 Å². The molecule has 3 N–H and O–H groups in total. The number of halogens is 1. The third kappa shape index (κ3) is 3.01. The molecule has 2 unspecified atom stereocenters. The molecule has 1 amide bonds. The fourth-order valence-corrected chi connectivity index (χ4v) is 3.02. The molecule has 4 nitrogen and oxygen atoms in total. The fourth-order valence-electron chi connectivity index (χ4n) is 2.77. The summed E-state index contributed by atoms with van der Waals surface area (Å²) in [6.45, 7) is 6.20. The van der Waals surface area contributed by atoms with Gasteiger partial charge in [-0.05, 0) is 29.2 Å². The van der Waals surface area contributed by atoms with Crippen molar-refractivity contribution in [1.29, 1.82) is 0 Å². The molecule has 124 valence electrons. The minimum Gasteiger partial charge on any atom is -0.496 e. The molecule has 1 aliphatic rings. The van der Waals surface area contributed by atoms with Crippen LogP contribution in [0.3, 0.4) is 0 Å². The quantitative estimate of drug-likeness (QED) is 0.892. The Hall–Kier alpha value is -1.78. The lowest BCUT2D eigenvalue weighted by molar-refractivity contribution is -0.124. The van der Waals surface area contributed by atoms with Gasteiger partial charge < -0.3 is 15.6 Å². The summed E-state index contributed by atoms with van der Waals surface area (Å²) in [7, 11) is 1.51. The van der Waals surface area contributed by atoms with Gasteiger partial charge in [-0.2, -0.15) is 0 Å². The minimum atomic E-state index is -1.46. The average molecular weight is 336 g/mol. The molecule has 0 spiro atoms. The lowest BCUT2D eigenvalue weighted by Crippen LogP contribution is -2.49. The second-order valence-electron chi connectivity index (χ2n) is 6.73. The predicted octanol–water partition coefficient (Wildman–Crippen LogP) is 2.77. The molecule has 0 aliphatic heterocycles. The van der Waals surface area contributed by atoms with Crippen LogP contribution in [0.1, 0.15) is 31.9 Å². The van der Waals surface area contributed by atoms with Crippen LogP contribution in [0.5, 0.6) is 5.75 Å². The van der Waals surface area contributed by atoms with Crippen molar-refractivity contribution in [1.82, 2.24) is 0 Å². The molecular formula is C18H22ClNO3. The van der Waals surface area contributed by atoms with Crippen LogP contribution < -0.4 is 10.5 Å². The molecule has 0 saturated carbocycles. The number of methoxy groups -OCH3 is 1. The van der Waals surface area contributed by atoms with Gasteiger partial charge in [0.25, 0.3) is 0 Å². The van der Waals surface area contributed by atoms with Crippen LogP contribution in [0, 0.1) is 0 Å². The number of hydrogen-bond donors (Lipinski definition) is 2. The molecule has 1 aromatic rings. The maximum absolute atomic E-state index is 12.3. The first-order chi connectivity index (χ1) is 10.6. The van der Waals surface area contributed by atoms with Gasteiger partial charge in [-0.15, -0.1) is 0 Å². The molecule has 0 heterocycles. The number of hydrogen-bond acceptors (Lipinski definition) is 3. The number of aliphatic hydroxyl groups is 1. The number of nitrogens with two attached hydrogens (primary N) is 1. The predicted molar refractivity (Wildman–Crippen MR) is 91.6 cm³/mol. The Kier molecular flexibility index (Phi) is 4.60. The van der Waals surface area contributed by atoms with Crippen molar-refractivity contribution < 1.29 is 14.6 Å². The Bertz CT molecular complexity index is 688. The van der Waals surface area contributed by atoms with E-state index in [1.807, 2.05) is 12.1 Å². The summed E-state index contributed by atoms with van der Waals surface area (Å²) < 4.78 is 5.41. The summed E-state index contributed by atoms with van der Waals surface area (Å²) in [6.07, 6.45) is 3.39. The maximum atomic E-state index is 12.3. The zero-order chi connectivity index (χ0) is 17.4. The molecule has 1 aliphatic carbocycles. The SMILES string of the molecule is COc1ccc(C(C)(C)C)cc1C1(C(N)=O)C=C(Cl)C=CC1O. The van der Waals surface area contributed by atoms with Crippen LogP contribution >= 0.6 is 11.6 Å². The maximum Gasteiger partial charge on any atom is 0.235 e. The summed E-state index contributed by atoms with van der Waals surface area (Å²) >= 11 is 6.10. The average Bonchev–Trinajstić information content (AvgIpc) is 2.47. The monoisotopic (exact) mass is 335 g/mol.